The van der Waals surface area contributed by atoms with Crippen molar-refractivity contribution in [3.05, 3.63) is 100 Å². The first-order valence-corrected chi connectivity index (χ1v) is 10.0. The van der Waals surface area contributed by atoms with E-state index in [0.717, 1.165) is 15.6 Å². The largest absolute Gasteiger partial charge is 0.489 e. The van der Waals surface area contributed by atoms with Crippen molar-refractivity contribution < 1.29 is 14.3 Å². The van der Waals surface area contributed by atoms with E-state index >= 15 is 0 Å². The minimum atomic E-state index is -0.425. The molecule has 0 heterocycles. The van der Waals surface area contributed by atoms with Crippen LogP contribution in [-0.4, -0.2) is 24.6 Å². The second kappa shape index (κ2) is 10.9. The van der Waals surface area contributed by atoms with Gasteiger partial charge in [-0.1, -0.05) is 64.5 Å². The molecule has 6 nitrogen and oxygen atoms in total. The Bertz CT molecular complexity index is 1040. The molecule has 0 atom stereocenters. The van der Waals surface area contributed by atoms with Crippen molar-refractivity contribution in [1.82, 2.24) is 10.7 Å². The Hall–Kier alpha value is -3.45. The normalized spacial score (nSPS) is 10.6. The lowest BCUT2D eigenvalue weighted by Crippen LogP contribution is -2.34. The summed E-state index contributed by atoms with van der Waals surface area (Å²) in [6.07, 6.45) is 1.52. The van der Waals surface area contributed by atoms with Gasteiger partial charge in [0.05, 0.1) is 12.8 Å². The summed E-state index contributed by atoms with van der Waals surface area (Å²) in [5.41, 5.74) is 4.71. The van der Waals surface area contributed by atoms with Gasteiger partial charge in [-0.05, 0) is 41.5 Å². The molecule has 0 unspecified atom stereocenters. The Kier molecular flexibility index (Phi) is 7.74. The number of carbonyl (C=O) groups is 2. The summed E-state index contributed by atoms with van der Waals surface area (Å²) in [6.45, 7) is 0.290. The molecule has 0 spiro atoms. The van der Waals surface area contributed by atoms with E-state index < -0.39 is 5.91 Å². The van der Waals surface area contributed by atoms with Crippen LogP contribution in [0.3, 0.4) is 0 Å². The number of halogens is 1. The molecular formula is C23H20BrN3O3. The van der Waals surface area contributed by atoms with E-state index in [1.54, 1.807) is 18.2 Å². The molecule has 2 amide bonds. The Labute approximate surface area is 183 Å². The highest BCUT2D eigenvalue weighted by Gasteiger charge is 2.07. The second-order valence-electron chi connectivity index (χ2n) is 6.33. The quantitative estimate of drug-likeness (QED) is 0.390. The van der Waals surface area contributed by atoms with E-state index in [4.69, 9.17) is 4.74 Å². The molecule has 0 saturated heterocycles. The highest BCUT2D eigenvalue weighted by Crippen LogP contribution is 2.14. The van der Waals surface area contributed by atoms with Crippen molar-refractivity contribution in [2.24, 2.45) is 5.10 Å². The van der Waals surface area contributed by atoms with E-state index in [0.29, 0.717) is 17.9 Å². The van der Waals surface area contributed by atoms with Crippen molar-refractivity contribution in [3.8, 4) is 5.75 Å². The van der Waals surface area contributed by atoms with Gasteiger partial charge in [0, 0.05) is 10.0 Å². The smallest absolute Gasteiger partial charge is 0.259 e. The zero-order valence-corrected chi connectivity index (χ0v) is 17.6. The van der Waals surface area contributed by atoms with Crippen LogP contribution in [0, 0.1) is 0 Å². The first-order valence-electron chi connectivity index (χ1n) is 9.22. The summed E-state index contributed by atoms with van der Waals surface area (Å²) in [7, 11) is 0. The van der Waals surface area contributed by atoms with Crippen molar-refractivity contribution in [2.75, 3.05) is 6.54 Å². The maximum Gasteiger partial charge on any atom is 0.259 e. The van der Waals surface area contributed by atoms with Crippen LogP contribution in [0.5, 0.6) is 5.75 Å². The highest BCUT2D eigenvalue weighted by atomic mass is 79.9. The third-order valence-electron chi connectivity index (χ3n) is 4.01. The number of nitrogens with one attached hydrogen (secondary N) is 2. The molecule has 0 aliphatic heterocycles. The van der Waals surface area contributed by atoms with Crippen LogP contribution in [0.1, 0.15) is 21.5 Å². The summed E-state index contributed by atoms with van der Waals surface area (Å²) >= 11 is 3.31. The van der Waals surface area contributed by atoms with E-state index in [-0.39, 0.29) is 12.5 Å². The van der Waals surface area contributed by atoms with Gasteiger partial charge in [0.25, 0.3) is 11.8 Å². The van der Waals surface area contributed by atoms with Crippen LogP contribution < -0.4 is 15.5 Å². The molecule has 152 valence electrons. The second-order valence-corrected chi connectivity index (χ2v) is 7.25. The average molecular weight is 466 g/mol. The van der Waals surface area contributed by atoms with Gasteiger partial charge in [0.15, 0.2) is 0 Å². The van der Waals surface area contributed by atoms with Crippen LogP contribution in [0.2, 0.25) is 0 Å². The summed E-state index contributed by atoms with van der Waals surface area (Å²) in [4.78, 5) is 23.9. The number of carbonyl (C=O) groups excluding carboxylic acids is 2. The minimum absolute atomic E-state index is 0.178. The van der Waals surface area contributed by atoms with Gasteiger partial charge in [0.1, 0.15) is 12.4 Å². The maximum absolute atomic E-state index is 12.0. The molecule has 0 saturated carbocycles. The fourth-order valence-electron chi connectivity index (χ4n) is 2.54. The van der Waals surface area contributed by atoms with Crippen molar-refractivity contribution >= 4 is 34.0 Å². The van der Waals surface area contributed by atoms with E-state index in [9.17, 15) is 9.59 Å². The Morgan fingerprint density at radius 2 is 1.77 bits per heavy atom. The van der Waals surface area contributed by atoms with E-state index in [2.05, 4.69) is 31.8 Å². The third kappa shape index (κ3) is 6.86. The molecule has 0 bridgehead atoms. The molecule has 0 aromatic heterocycles. The Balaban J connectivity index is 1.45. The number of benzene rings is 3. The summed E-state index contributed by atoms with van der Waals surface area (Å²) < 4.78 is 6.57. The average Bonchev–Trinajstić information content (AvgIpc) is 2.77. The van der Waals surface area contributed by atoms with Crippen LogP contribution >= 0.6 is 15.9 Å². The molecule has 0 fully saturated rings. The number of hydrogen-bond donors (Lipinski definition) is 2. The van der Waals surface area contributed by atoms with Crippen molar-refractivity contribution in [3.63, 3.8) is 0 Å². The SMILES string of the molecule is O=C(CNC(=O)c1cccc(Br)c1)N/N=C\c1cccc(OCc2ccccc2)c1. The van der Waals surface area contributed by atoms with Gasteiger partial charge in [-0.15, -0.1) is 0 Å². The minimum Gasteiger partial charge on any atom is -0.489 e. The van der Waals surface area contributed by atoms with E-state index in [1.807, 2.05) is 60.7 Å². The number of rotatable bonds is 8. The first-order chi connectivity index (χ1) is 14.6. The van der Waals surface area contributed by atoms with Gasteiger partial charge in [-0.25, -0.2) is 5.43 Å². The Morgan fingerprint density at radius 3 is 2.57 bits per heavy atom. The van der Waals surface area contributed by atoms with E-state index in [1.165, 1.54) is 6.21 Å². The lowest BCUT2D eigenvalue weighted by Gasteiger charge is -2.07. The molecule has 0 aliphatic rings. The lowest BCUT2D eigenvalue weighted by molar-refractivity contribution is -0.120. The van der Waals surface area contributed by atoms with Gasteiger partial charge in [0.2, 0.25) is 0 Å². The topological polar surface area (TPSA) is 79.8 Å². The fourth-order valence-corrected chi connectivity index (χ4v) is 2.94. The molecule has 3 aromatic carbocycles. The molecule has 2 N–H and O–H groups in total. The summed E-state index contributed by atoms with van der Waals surface area (Å²) in [5.74, 6) is -0.0554. The van der Waals surface area contributed by atoms with Gasteiger partial charge in [-0.2, -0.15) is 5.10 Å². The molecule has 0 radical (unpaired) electrons. The molecule has 0 aliphatic carbocycles. The molecule has 7 heteroatoms. The fraction of sp³-hybridized carbons (Fsp3) is 0.0870. The third-order valence-corrected chi connectivity index (χ3v) is 4.50. The molecule has 30 heavy (non-hydrogen) atoms. The zero-order chi connectivity index (χ0) is 21.2. The van der Waals surface area contributed by atoms with Crippen LogP contribution in [-0.2, 0) is 11.4 Å². The van der Waals surface area contributed by atoms with Gasteiger partial charge in [-0.3, -0.25) is 9.59 Å². The lowest BCUT2D eigenvalue weighted by atomic mass is 10.2. The van der Waals surface area contributed by atoms with Gasteiger partial charge < -0.3 is 10.1 Å². The Morgan fingerprint density at radius 1 is 0.967 bits per heavy atom. The predicted molar refractivity (Wildman–Crippen MR) is 119 cm³/mol. The van der Waals surface area contributed by atoms with Crippen LogP contribution in [0.15, 0.2) is 88.4 Å². The number of hydrazone groups is 1. The van der Waals surface area contributed by atoms with Gasteiger partial charge >= 0.3 is 0 Å². The summed E-state index contributed by atoms with van der Waals surface area (Å²) in [5, 5.41) is 6.48. The van der Waals surface area contributed by atoms with Crippen molar-refractivity contribution in [2.45, 2.75) is 6.61 Å². The zero-order valence-electron chi connectivity index (χ0n) is 16.0. The first kappa shape index (κ1) is 21.3. The van der Waals surface area contributed by atoms with Crippen LogP contribution in [0.25, 0.3) is 0 Å². The monoisotopic (exact) mass is 465 g/mol. The number of nitrogens with zero attached hydrogens (tertiary/aromatic N) is 1. The molecule has 3 rings (SSSR count). The standard InChI is InChI=1S/C23H20BrN3O3/c24-20-10-5-9-19(13-20)23(29)25-15-22(28)27-26-14-18-8-4-11-21(12-18)30-16-17-6-2-1-3-7-17/h1-14H,15-16H2,(H,25,29)(H,27,28)/b26-14-. The van der Waals surface area contributed by atoms with Crippen LogP contribution in [0.4, 0.5) is 0 Å². The molecule has 3 aromatic rings. The number of amides is 2. The predicted octanol–water partition coefficient (Wildman–Crippen LogP) is 3.91. The number of ether oxygens (including phenoxy) is 1. The summed E-state index contributed by atoms with van der Waals surface area (Å²) in [6, 6.07) is 24.2. The highest BCUT2D eigenvalue weighted by molar-refractivity contribution is 9.10. The molecular weight excluding hydrogens is 446 g/mol. The van der Waals surface area contributed by atoms with Crippen molar-refractivity contribution in [1.29, 1.82) is 0 Å². The number of hydrogen-bond acceptors (Lipinski definition) is 4. The maximum atomic E-state index is 12.0.